The Balaban J connectivity index is 2.15. The van der Waals surface area contributed by atoms with E-state index in [0.29, 0.717) is 0 Å². The minimum Gasteiger partial charge on any atom is -0.275 e. The molecule has 0 spiro atoms. The Labute approximate surface area is 99.5 Å². The molecule has 3 heteroatoms. The Morgan fingerprint density at radius 2 is 2.47 bits per heavy atom. The monoisotopic (exact) mass is 242 g/mol. The number of carbonyl (C=O) groups is 1. The third-order valence-corrected chi connectivity index (χ3v) is 4.63. The first-order valence-corrected chi connectivity index (χ1v) is 6.71. The van der Waals surface area contributed by atoms with E-state index in [2.05, 4.69) is 6.92 Å². The zero-order valence-electron chi connectivity index (χ0n) is 8.88. The average Bonchev–Trinajstić information content (AvgIpc) is 2.61. The Morgan fingerprint density at radius 3 is 3.13 bits per heavy atom. The lowest BCUT2D eigenvalue weighted by Crippen LogP contribution is -2.11. The second-order valence-electron chi connectivity index (χ2n) is 4.23. The van der Waals surface area contributed by atoms with Crippen LogP contribution in [0.25, 0.3) is 0 Å². The molecule has 15 heavy (non-hydrogen) atoms. The van der Waals surface area contributed by atoms with E-state index in [1.807, 2.05) is 6.07 Å². The fourth-order valence-corrected chi connectivity index (χ4v) is 3.56. The van der Waals surface area contributed by atoms with Gasteiger partial charge in [-0.25, -0.2) is 0 Å². The van der Waals surface area contributed by atoms with E-state index >= 15 is 0 Å². The van der Waals surface area contributed by atoms with Crippen LogP contribution in [-0.2, 0) is 12.8 Å². The number of carbonyl (C=O) groups excluding carboxylic acids is 1. The van der Waals surface area contributed by atoms with Crippen LogP contribution >= 0.6 is 22.9 Å². The lowest BCUT2D eigenvalue weighted by molar-refractivity contribution is 0.108. The first-order valence-electron chi connectivity index (χ1n) is 5.52. The smallest absolute Gasteiger partial charge is 0.262 e. The molecule has 0 N–H and O–H groups in total. The topological polar surface area (TPSA) is 17.1 Å². The van der Waals surface area contributed by atoms with Crippen LogP contribution in [0.15, 0.2) is 6.07 Å². The predicted octanol–water partition coefficient (Wildman–Crippen LogP) is 4.03. The first kappa shape index (κ1) is 11.2. The van der Waals surface area contributed by atoms with Crippen LogP contribution in [0, 0.1) is 5.92 Å². The minimum atomic E-state index is -0.304. The number of hydrogen-bond donors (Lipinski definition) is 0. The summed E-state index contributed by atoms with van der Waals surface area (Å²) in [6, 6.07) is 2.00. The van der Waals surface area contributed by atoms with Crippen LogP contribution in [0.5, 0.6) is 0 Å². The highest BCUT2D eigenvalue weighted by atomic mass is 35.5. The maximum absolute atomic E-state index is 11.0. The van der Waals surface area contributed by atoms with Gasteiger partial charge in [0.15, 0.2) is 0 Å². The van der Waals surface area contributed by atoms with E-state index in [9.17, 15) is 4.79 Å². The van der Waals surface area contributed by atoms with Gasteiger partial charge in [0, 0.05) is 4.88 Å². The Bertz CT molecular complexity index is 370. The summed E-state index contributed by atoms with van der Waals surface area (Å²) < 4.78 is 0. The molecule has 1 unspecified atom stereocenters. The van der Waals surface area contributed by atoms with E-state index in [0.717, 1.165) is 23.6 Å². The highest BCUT2D eigenvalue weighted by Crippen LogP contribution is 2.34. The van der Waals surface area contributed by atoms with Crippen molar-refractivity contribution >= 4 is 28.2 Å². The molecule has 1 aromatic heterocycles. The van der Waals surface area contributed by atoms with Gasteiger partial charge in [-0.05, 0) is 48.4 Å². The molecule has 0 saturated carbocycles. The molecule has 0 aliphatic heterocycles. The van der Waals surface area contributed by atoms with Gasteiger partial charge in [0.25, 0.3) is 5.24 Å². The normalized spacial score (nSPS) is 20.0. The minimum absolute atomic E-state index is 0.304. The molecule has 0 aromatic carbocycles. The summed E-state index contributed by atoms with van der Waals surface area (Å²) in [5.74, 6) is 0.815. The van der Waals surface area contributed by atoms with Gasteiger partial charge in [0.05, 0.1) is 4.88 Å². The van der Waals surface area contributed by atoms with Gasteiger partial charge < -0.3 is 0 Å². The molecule has 1 aliphatic carbocycles. The zero-order valence-corrected chi connectivity index (χ0v) is 10.5. The van der Waals surface area contributed by atoms with Gasteiger partial charge in [0.2, 0.25) is 0 Å². The molecule has 0 radical (unpaired) electrons. The van der Waals surface area contributed by atoms with Crippen molar-refractivity contribution in [2.75, 3.05) is 0 Å². The number of aryl methyl sites for hydroxylation is 1. The van der Waals surface area contributed by atoms with Crippen molar-refractivity contribution in [3.8, 4) is 0 Å². The van der Waals surface area contributed by atoms with Gasteiger partial charge in [0.1, 0.15) is 0 Å². The van der Waals surface area contributed by atoms with E-state index in [4.69, 9.17) is 11.6 Å². The highest BCUT2D eigenvalue weighted by Gasteiger charge is 2.21. The number of thiophene rings is 1. The van der Waals surface area contributed by atoms with Crippen molar-refractivity contribution in [3.63, 3.8) is 0 Å². The molecule has 0 amide bonds. The van der Waals surface area contributed by atoms with Gasteiger partial charge in [-0.2, -0.15) is 0 Å². The molecule has 2 rings (SSSR count). The second-order valence-corrected chi connectivity index (χ2v) is 5.71. The lowest BCUT2D eigenvalue weighted by atomic mass is 9.85. The SMILES string of the molecule is CCCC1CCc2sc(C(=O)Cl)cc2C1. The van der Waals surface area contributed by atoms with E-state index in [1.54, 1.807) is 11.3 Å². The Hall–Kier alpha value is -0.340. The van der Waals surface area contributed by atoms with Crippen LogP contribution in [0.1, 0.15) is 46.3 Å². The van der Waals surface area contributed by atoms with E-state index in [1.165, 1.54) is 29.7 Å². The Morgan fingerprint density at radius 1 is 1.67 bits per heavy atom. The molecule has 1 heterocycles. The summed E-state index contributed by atoms with van der Waals surface area (Å²) in [5, 5.41) is -0.304. The summed E-state index contributed by atoms with van der Waals surface area (Å²) >= 11 is 7.07. The third kappa shape index (κ3) is 2.43. The second kappa shape index (κ2) is 4.67. The molecule has 1 aromatic rings. The maximum atomic E-state index is 11.0. The van der Waals surface area contributed by atoms with Crippen molar-refractivity contribution in [1.82, 2.24) is 0 Å². The van der Waals surface area contributed by atoms with E-state index in [-0.39, 0.29) is 5.24 Å². The molecule has 0 bridgehead atoms. The summed E-state index contributed by atoms with van der Waals surface area (Å²) in [6.45, 7) is 2.23. The van der Waals surface area contributed by atoms with Crippen molar-refractivity contribution in [2.45, 2.75) is 39.0 Å². The fourth-order valence-electron chi connectivity index (χ4n) is 2.35. The largest absolute Gasteiger partial charge is 0.275 e. The maximum Gasteiger partial charge on any atom is 0.262 e. The molecule has 0 saturated heterocycles. The summed E-state index contributed by atoms with van der Waals surface area (Å²) in [4.78, 5) is 13.1. The molecular weight excluding hydrogens is 228 g/mol. The number of rotatable bonds is 3. The van der Waals surface area contributed by atoms with Crippen molar-refractivity contribution in [2.24, 2.45) is 5.92 Å². The standard InChI is InChI=1S/C12H15ClOS/c1-2-3-8-4-5-10-9(6-8)7-11(15-10)12(13)14/h7-8H,2-6H2,1H3. The quantitative estimate of drug-likeness (QED) is 0.732. The van der Waals surface area contributed by atoms with Crippen LogP contribution in [0.4, 0.5) is 0 Å². The van der Waals surface area contributed by atoms with Crippen LogP contribution in [0.3, 0.4) is 0 Å². The molecule has 1 aliphatic rings. The lowest BCUT2D eigenvalue weighted by Gasteiger charge is -2.21. The average molecular weight is 243 g/mol. The van der Waals surface area contributed by atoms with Crippen molar-refractivity contribution in [1.29, 1.82) is 0 Å². The van der Waals surface area contributed by atoms with Gasteiger partial charge >= 0.3 is 0 Å². The Kier molecular flexibility index (Phi) is 3.47. The van der Waals surface area contributed by atoms with Crippen LogP contribution < -0.4 is 0 Å². The molecular formula is C12H15ClOS. The summed E-state index contributed by atoms with van der Waals surface area (Å²) in [6.07, 6.45) is 6.11. The summed E-state index contributed by atoms with van der Waals surface area (Å²) in [7, 11) is 0. The molecule has 0 fully saturated rings. The van der Waals surface area contributed by atoms with Gasteiger partial charge in [-0.15, -0.1) is 11.3 Å². The number of halogens is 1. The fraction of sp³-hybridized carbons (Fsp3) is 0.583. The van der Waals surface area contributed by atoms with Gasteiger partial charge in [-0.1, -0.05) is 19.8 Å². The molecule has 1 nitrogen and oxygen atoms in total. The van der Waals surface area contributed by atoms with Crippen molar-refractivity contribution < 1.29 is 4.79 Å². The molecule has 1 atom stereocenters. The van der Waals surface area contributed by atoms with Gasteiger partial charge in [-0.3, -0.25) is 4.79 Å². The number of fused-ring (bicyclic) bond motifs is 1. The predicted molar refractivity (Wildman–Crippen MR) is 64.9 cm³/mol. The van der Waals surface area contributed by atoms with Crippen LogP contribution in [0.2, 0.25) is 0 Å². The highest BCUT2D eigenvalue weighted by molar-refractivity contribution is 7.15. The molecule has 82 valence electrons. The number of hydrogen-bond acceptors (Lipinski definition) is 2. The van der Waals surface area contributed by atoms with Crippen LogP contribution in [-0.4, -0.2) is 5.24 Å². The zero-order chi connectivity index (χ0) is 10.8. The summed E-state index contributed by atoms with van der Waals surface area (Å²) in [5.41, 5.74) is 1.37. The first-order chi connectivity index (χ1) is 7.20. The van der Waals surface area contributed by atoms with Crippen molar-refractivity contribution in [3.05, 3.63) is 21.4 Å². The van der Waals surface area contributed by atoms with E-state index < -0.39 is 0 Å². The third-order valence-electron chi connectivity index (χ3n) is 3.08.